The maximum Gasteiger partial charge on any atom is 1.00 e. The molecule has 11 heavy (non-hydrogen) atoms. The molecule has 1 unspecified atom stereocenters. The van der Waals surface area contributed by atoms with Crippen LogP contribution in [0.15, 0.2) is 0 Å². The number of ether oxygens (including phenoxy) is 1. The molecule has 5 nitrogen and oxygen atoms in total. The van der Waals surface area contributed by atoms with Gasteiger partial charge in [-0.25, -0.2) is 12.6 Å². The van der Waals surface area contributed by atoms with Gasteiger partial charge in [-0.05, 0) is 13.8 Å². The SMILES string of the molecule is CCOC(C)OS(=O)(=O)[O-].[Li+]. The first kappa shape index (κ1) is 14.0. The Hall–Kier alpha value is 0.427. The minimum atomic E-state index is -4.62. The molecular formula is C4H9LiO5S. The van der Waals surface area contributed by atoms with E-state index in [1.165, 1.54) is 6.92 Å². The molecule has 62 valence electrons. The van der Waals surface area contributed by atoms with Crippen molar-refractivity contribution in [2.75, 3.05) is 6.61 Å². The van der Waals surface area contributed by atoms with E-state index < -0.39 is 16.7 Å². The fraction of sp³-hybridized carbons (Fsp3) is 1.00. The summed E-state index contributed by atoms with van der Waals surface area (Å²) in [7, 11) is -4.62. The van der Waals surface area contributed by atoms with E-state index >= 15 is 0 Å². The van der Waals surface area contributed by atoms with Gasteiger partial charge in [-0.1, -0.05) is 0 Å². The minimum absolute atomic E-state index is 0. The number of hydrogen-bond acceptors (Lipinski definition) is 5. The predicted octanol–water partition coefficient (Wildman–Crippen LogP) is -3.15. The third kappa shape index (κ3) is 10.4. The first-order valence-corrected chi connectivity index (χ1v) is 4.04. The summed E-state index contributed by atoms with van der Waals surface area (Å²) in [4.78, 5) is 0. The van der Waals surface area contributed by atoms with Crippen LogP contribution in [0.1, 0.15) is 13.8 Å². The van der Waals surface area contributed by atoms with E-state index in [0.29, 0.717) is 6.61 Å². The van der Waals surface area contributed by atoms with Crippen LogP contribution in [-0.4, -0.2) is 25.9 Å². The molecule has 0 amide bonds. The molecular weight excluding hydrogens is 167 g/mol. The molecule has 0 aromatic carbocycles. The molecule has 0 aliphatic rings. The van der Waals surface area contributed by atoms with Gasteiger partial charge < -0.3 is 9.29 Å². The summed E-state index contributed by atoms with van der Waals surface area (Å²) in [5, 5.41) is 0. The van der Waals surface area contributed by atoms with Gasteiger partial charge >= 0.3 is 18.9 Å². The molecule has 0 rings (SSSR count). The van der Waals surface area contributed by atoms with E-state index in [2.05, 4.69) is 8.92 Å². The topological polar surface area (TPSA) is 75.7 Å². The average Bonchev–Trinajstić information content (AvgIpc) is 1.59. The third-order valence-corrected chi connectivity index (χ3v) is 1.16. The Morgan fingerprint density at radius 2 is 2.00 bits per heavy atom. The summed E-state index contributed by atoms with van der Waals surface area (Å²) in [6.07, 6.45) is -0.993. The quantitative estimate of drug-likeness (QED) is 0.196. The van der Waals surface area contributed by atoms with Crippen LogP contribution in [0.4, 0.5) is 0 Å². The van der Waals surface area contributed by atoms with Gasteiger partial charge in [-0.15, -0.1) is 0 Å². The second kappa shape index (κ2) is 6.00. The van der Waals surface area contributed by atoms with Crippen molar-refractivity contribution < 1.29 is 40.8 Å². The molecule has 0 saturated heterocycles. The van der Waals surface area contributed by atoms with Crippen LogP contribution in [0.25, 0.3) is 0 Å². The summed E-state index contributed by atoms with van der Waals surface area (Å²) < 4.78 is 38.1. The summed E-state index contributed by atoms with van der Waals surface area (Å²) in [5.41, 5.74) is 0. The average molecular weight is 176 g/mol. The number of hydrogen-bond donors (Lipinski definition) is 0. The van der Waals surface area contributed by atoms with Crippen LogP contribution in [0, 0.1) is 0 Å². The maximum absolute atomic E-state index is 9.86. The van der Waals surface area contributed by atoms with Gasteiger partial charge in [0.1, 0.15) is 0 Å². The van der Waals surface area contributed by atoms with Crippen LogP contribution < -0.4 is 18.9 Å². The van der Waals surface area contributed by atoms with Crippen molar-refractivity contribution in [3.63, 3.8) is 0 Å². The second-order valence-electron chi connectivity index (χ2n) is 1.53. The van der Waals surface area contributed by atoms with Crippen LogP contribution in [0.3, 0.4) is 0 Å². The molecule has 0 aromatic heterocycles. The monoisotopic (exact) mass is 176 g/mol. The Bertz CT molecular complexity index is 177. The molecule has 1 atom stereocenters. The van der Waals surface area contributed by atoms with Gasteiger partial charge in [0.2, 0.25) is 10.4 Å². The van der Waals surface area contributed by atoms with E-state index in [1.807, 2.05) is 0 Å². The summed E-state index contributed by atoms with van der Waals surface area (Å²) in [6.45, 7) is 3.30. The van der Waals surface area contributed by atoms with E-state index in [-0.39, 0.29) is 18.9 Å². The molecule has 0 aromatic rings. The zero-order valence-corrected chi connectivity index (χ0v) is 7.55. The van der Waals surface area contributed by atoms with E-state index in [0.717, 1.165) is 0 Å². The second-order valence-corrected chi connectivity index (χ2v) is 2.54. The molecule has 0 spiro atoms. The van der Waals surface area contributed by atoms with Gasteiger partial charge in [0.25, 0.3) is 0 Å². The molecule has 0 aliphatic carbocycles. The van der Waals surface area contributed by atoms with Crippen LogP contribution >= 0.6 is 0 Å². The molecule has 0 N–H and O–H groups in total. The molecule has 0 bridgehead atoms. The largest absolute Gasteiger partial charge is 1.00 e. The Morgan fingerprint density at radius 1 is 1.55 bits per heavy atom. The Morgan fingerprint density at radius 3 is 2.27 bits per heavy atom. The van der Waals surface area contributed by atoms with Crippen molar-refractivity contribution >= 4 is 10.4 Å². The zero-order chi connectivity index (χ0) is 8.20. The Kier molecular flexibility index (Phi) is 7.63. The van der Waals surface area contributed by atoms with Gasteiger partial charge in [0.15, 0.2) is 6.29 Å². The standard InChI is InChI=1S/C4H10O5S.Li/c1-3-8-4(2)9-10(5,6)7;/h4H,3H2,1-2H3,(H,5,6,7);/q;+1/p-1. The molecule has 0 radical (unpaired) electrons. The van der Waals surface area contributed by atoms with E-state index in [1.54, 1.807) is 6.92 Å². The van der Waals surface area contributed by atoms with Crippen molar-refractivity contribution in [2.24, 2.45) is 0 Å². The fourth-order valence-corrected chi connectivity index (χ4v) is 0.816. The molecule has 0 fully saturated rings. The normalized spacial score (nSPS) is 13.7. The molecule has 0 aliphatic heterocycles. The first-order chi connectivity index (χ1) is 4.45. The minimum Gasteiger partial charge on any atom is -0.725 e. The van der Waals surface area contributed by atoms with Crippen LogP contribution in [-0.2, 0) is 19.3 Å². The summed E-state index contributed by atoms with van der Waals surface area (Å²) >= 11 is 0. The van der Waals surface area contributed by atoms with E-state index in [4.69, 9.17) is 0 Å². The van der Waals surface area contributed by atoms with Gasteiger partial charge in [-0.2, -0.15) is 0 Å². The van der Waals surface area contributed by atoms with Crippen molar-refractivity contribution in [3.8, 4) is 0 Å². The Labute approximate surface area is 78.2 Å². The van der Waals surface area contributed by atoms with Crippen molar-refractivity contribution in [2.45, 2.75) is 20.1 Å². The van der Waals surface area contributed by atoms with Gasteiger partial charge in [0.05, 0.1) is 0 Å². The van der Waals surface area contributed by atoms with E-state index in [9.17, 15) is 13.0 Å². The predicted molar refractivity (Wildman–Crippen MR) is 31.9 cm³/mol. The van der Waals surface area contributed by atoms with Crippen molar-refractivity contribution in [1.29, 1.82) is 0 Å². The fourth-order valence-electron chi connectivity index (χ4n) is 0.428. The smallest absolute Gasteiger partial charge is 0.725 e. The number of rotatable bonds is 4. The first-order valence-electron chi connectivity index (χ1n) is 2.71. The third-order valence-electron chi connectivity index (χ3n) is 0.655. The molecule has 0 heterocycles. The van der Waals surface area contributed by atoms with Gasteiger partial charge in [-0.3, -0.25) is 0 Å². The maximum atomic E-state index is 9.86. The molecule has 0 saturated carbocycles. The van der Waals surface area contributed by atoms with Crippen LogP contribution in [0.5, 0.6) is 0 Å². The van der Waals surface area contributed by atoms with Crippen LogP contribution in [0.2, 0.25) is 0 Å². The van der Waals surface area contributed by atoms with Gasteiger partial charge in [0, 0.05) is 6.61 Å². The summed E-state index contributed by atoms with van der Waals surface area (Å²) in [5.74, 6) is 0. The van der Waals surface area contributed by atoms with Crippen molar-refractivity contribution in [3.05, 3.63) is 0 Å². The Balaban J connectivity index is 0. The zero-order valence-electron chi connectivity index (χ0n) is 6.73. The summed E-state index contributed by atoms with van der Waals surface area (Å²) in [6, 6.07) is 0. The van der Waals surface area contributed by atoms with Crippen molar-refractivity contribution in [1.82, 2.24) is 0 Å². The molecule has 7 heteroatoms.